The van der Waals surface area contributed by atoms with Crippen LogP contribution in [0.5, 0.6) is 0 Å². The Bertz CT molecular complexity index is 728. The third kappa shape index (κ3) is 2.58. The summed E-state index contributed by atoms with van der Waals surface area (Å²) >= 11 is 6.01. The van der Waals surface area contributed by atoms with Crippen LogP contribution in [0, 0.1) is 11.6 Å². The van der Waals surface area contributed by atoms with Crippen LogP contribution in [0.25, 0.3) is 0 Å². The molecule has 0 amide bonds. The van der Waals surface area contributed by atoms with Crippen LogP contribution in [-0.2, 0) is 0 Å². The van der Waals surface area contributed by atoms with Gasteiger partial charge < -0.3 is 0 Å². The highest BCUT2D eigenvalue weighted by atomic mass is 35.5. The van der Waals surface area contributed by atoms with Crippen molar-refractivity contribution >= 4 is 23.7 Å². The summed E-state index contributed by atoms with van der Waals surface area (Å²) in [6.07, 6.45) is 0.414. The minimum atomic E-state index is -1.02. The Morgan fingerprint density at radius 3 is 2.62 bits per heavy atom. The van der Waals surface area contributed by atoms with E-state index in [1.54, 1.807) is 0 Å². The smallest absolute Gasteiger partial charge is 0.180 e. The summed E-state index contributed by atoms with van der Waals surface area (Å²) in [5.41, 5.74) is -0.140. The Labute approximate surface area is 124 Å². The van der Waals surface area contributed by atoms with Gasteiger partial charge >= 0.3 is 0 Å². The monoisotopic (exact) mass is 312 g/mol. The zero-order valence-corrected chi connectivity index (χ0v) is 12.0. The fraction of sp³-hybridized carbons (Fsp3) is 0.214. The third-order valence-corrected chi connectivity index (χ3v) is 3.51. The highest BCUT2D eigenvalue weighted by Gasteiger charge is 2.24. The maximum absolute atomic E-state index is 13.8. The van der Waals surface area contributed by atoms with Gasteiger partial charge in [-0.2, -0.15) is 5.10 Å². The molecule has 2 rings (SSSR count). The summed E-state index contributed by atoms with van der Waals surface area (Å²) in [5, 5.41) is 3.85. The molecule has 21 heavy (non-hydrogen) atoms. The van der Waals surface area contributed by atoms with Crippen LogP contribution in [0.15, 0.2) is 18.2 Å². The van der Waals surface area contributed by atoms with Gasteiger partial charge in [0, 0.05) is 12.5 Å². The van der Waals surface area contributed by atoms with E-state index in [0.29, 0.717) is 6.29 Å². The van der Waals surface area contributed by atoms with Gasteiger partial charge in [0.25, 0.3) is 0 Å². The molecule has 0 fully saturated rings. The molecule has 1 aromatic carbocycles. The number of Topliss-reactive ketones (excluding diaryl/α,β-unsaturated/α-hetero) is 1. The summed E-state index contributed by atoms with van der Waals surface area (Å²) in [6, 6.07) is 2.96. The molecule has 0 aliphatic carbocycles. The SMILES string of the molecule is CC(=O)c1nn(C(C)c2cccc(F)c2F)c(Cl)c1C=O. The molecular formula is C14H11ClF2N2O2. The zero-order chi connectivity index (χ0) is 15.7. The number of carbonyl (C=O) groups is 2. The Morgan fingerprint density at radius 2 is 2.10 bits per heavy atom. The highest BCUT2D eigenvalue weighted by Crippen LogP contribution is 2.28. The molecule has 110 valence electrons. The standard InChI is InChI=1S/C14H11ClF2N2O2/c1-7(9-4-3-5-11(16)12(9)17)19-14(15)10(6-20)13(18-19)8(2)21/h3-7H,1-2H3. The number of hydrogen-bond acceptors (Lipinski definition) is 3. The second-order valence-corrected chi connectivity index (χ2v) is 4.85. The Morgan fingerprint density at radius 1 is 1.43 bits per heavy atom. The van der Waals surface area contributed by atoms with Crippen LogP contribution in [0.3, 0.4) is 0 Å². The Hall–Kier alpha value is -2.08. The molecule has 0 saturated heterocycles. The molecule has 0 aliphatic rings. The molecule has 2 aromatic rings. The quantitative estimate of drug-likeness (QED) is 0.642. The van der Waals surface area contributed by atoms with Crippen LogP contribution in [0.4, 0.5) is 8.78 Å². The largest absolute Gasteiger partial charge is 0.298 e. The van der Waals surface area contributed by atoms with Crippen molar-refractivity contribution in [3.8, 4) is 0 Å². The van der Waals surface area contributed by atoms with Gasteiger partial charge in [0.1, 0.15) is 10.8 Å². The van der Waals surface area contributed by atoms with E-state index in [-0.39, 0.29) is 22.0 Å². The first kappa shape index (κ1) is 15.3. The van der Waals surface area contributed by atoms with E-state index < -0.39 is 23.5 Å². The number of aromatic nitrogens is 2. The first-order valence-corrected chi connectivity index (χ1v) is 6.44. The van der Waals surface area contributed by atoms with Crippen molar-refractivity contribution in [1.29, 1.82) is 0 Å². The van der Waals surface area contributed by atoms with E-state index >= 15 is 0 Å². The average Bonchev–Trinajstić information content (AvgIpc) is 2.78. The maximum atomic E-state index is 13.8. The normalized spacial score (nSPS) is 12.2. The van der Waals surface area contributed by atoms with Crippen LogP contribution < -0.4 is 0 Å². The van der Waals surface area contributed by atoms with E-state index in [4.69, 9.17) is 11.6 Å². The third-order valence-electron chi connectivity index (χ3n) is 3.14. The van der Waals surface area contributed by atoms with Crippen LogP contribution in [0.2, 0.25) is 5.15 Å². The Kier molecular flexibility index (Phi) is 4.18. The zero-order valence-electron chi connectivity index (χ0n) is 11.2. The molecule has 0 N–H and O–H groups in total. The molecule has 1 atom stereocenters. The van der Waals surface area contributed by atoms with Crippen molar-refractivity contribution in [2.24, 2.45) is 0 Å². The molecule has 0 spiro atoms. The lowest BCUT2D eigenvalue weighted by molar-refractivity contribution is 0.100. The van der Waals surface area contributed by atoms with Gasteiger partial charge in [-0.15, -0.1) is 0 Å². The predicted octanol–water partition coefficient (Wildman–Crippen LogP) is 3.44. The first-order valence-electron chi connectivity index (χ1n) is 6.06. The number of ketones is 1. The van der Waals surface area contributed by atoms with Crippen LogP contribution >= 0.6 is 11.6 Å². The van der Waals surface area contributed by atoms with Crippen molar-refractivity contribution in [2.45, 2.75) is 19.9 Å². The minimum Gasteiger partial charge on any atom is -0.298 e. The number of hydrogen-bond donors (Lipinski definition) is 0. The van der Waals surface area contributed by atoms with Crippen molar-refractivity contribution in [3.05, 3.63) is 51.8 Å². The number of benzene rings is 1. The van der Waals surface area contributed by atoms with Gasteiger partial charge in [-0.25, -0.2) is 13.5 Å². The number of aldehydes is 1. The first-order chi connectivity index (χ1) is 9.88. The topological polar surface area (TPSA) is 52.0 Å². The lowest BCUT2D eigenvalue weighted by Gasteiger charge is -2.14. The van der Waals surface area contributed by atoms with Crippen molar-refractivity contribution in [2.75, 3.05) is 0 Å². The molecule has 1 heterocycles. The second-order valence-electron chi connectivity index (χ2n) is 4.49. The molecule has 7 heteroatoms. The molecule has 1 unspecified atom stereocenters. The van der Waals surface area contributed by atoms with Gasteiger partial charge in [-0.1, -0.05) is 23.7 Å². The lowest BCUT2D eigenvalue weighted by atomic mass is 10.1. The summed E-state index contributed by atoms with van der Waals surface area (Å²) in [5.74, 6) is -2.46. The molecule has 0 saturated carbocycles. The van der Waals surface area contributed by atoms with Crippen LogP contribution in [0.1, 0.15) is 46.3 Å². The highest BCUT2D eigenvalue weighted by molar-refractivity contribution is 6.32. The summed E-state index contributed by atoms with van der Waals surface area (Å²) in [4.78, 5) is 22.5. The van der Waals surface area contributed by atoms with E-state index in [1.807, 2.05) is 0 Å². The lowest BCUT2D eigenvalue weighted by Crippen LogP contribution is -2.12. The number of nitrogens with zero attached hydrogens (tertiary/aromatic N) is 2. The fourth-order valence-electron chi connectivity index (χ4n) is 2.02. The van der Waals surface area contributed by atoms with E-state index in [0.717, 1.165) is 10.7 Å². The van der Waals surface area contributed by atoms with E-state index in [9.17, 15) is 18.4 Å². The fourth-order valence-corrected chi connectivity index (χ4v) is 2.34. The summed E-state index contributed by atoms with van der Waals surface area (Å²) in [7, 11) is 0. The molecule has 0 radical (unpaired) electrons. The van der Waals surface area contributed by atoms with Crippen LogP contribution in [-0.4, -0.2) is 21.8 Å². The Balaban J connectivity index is 2.59. The molecule has 1 aromatic heterocycles. The molecule has 0 bridgehead atoms. The maximum Gasteiger partial charge on any atom is 0.180 e. The molecular weight excluding hydrogens is 302 g/mol. The molecule has 0 aliphatic heterocycles. The van der Waals surface area contributed by atoms with Crippen molar-refractivity contribution in [3.63, 3.8) is 0 Å². The molecule has 4 nitrogen and oxygen atoms in total. The summed E-state index contributed by atoms with van der Waals surface area (Å²) < 4.78 is 28.2. The number of halogens is 3. The van der Waals surface area contributed by atoms with Gasteiger partial charge in [0.05, 0.1) is 11.6 Å². The van der Waals surface area contributed by atoms with Gasteiger partial charge in [0.2, 0.25) is 0 Å². The number of rotatable bonds is 4. The number of carbonyl (C=O) groups excluding carboxylic acids is 2. The predicted molar refractivity (Wildman–Crippen MR) is 72.8 cm³/mol. The summed E-state index contributed by atoms with van der Waals surface area (Å²) in [6.45, 7) is 2.78. The van der Waals surface area contributed by atoms with E-state index in [2.05, 4.69) is 5.10 Å². The van der Waals surface area contributed by atoms with Crippen molar-refractivity contribution < 1.29 is 18.4 Å². The van der Waals surface area contributed by atoms with E-state index in [1.165, 1.54) is 26.0 Å². The van der Waals surface area contributed by atoms with Crippen molar-refractivity contribution in [1.82, 2.24) is 9.78 Å². The van der Waals surface area contributed by atoms with Gasteiger partial charge in [-0.05, 0) is 13.0 Å². The van der Waals surface area contributed by atoms with Gasteiger partial charge in [-0.3, -0.25) is 9.59 Å². The van der Waals surface area contributed by atoms with Gasteiger partial charge in [0.15, 0.2) is 23.7 Å². The average molecular weight is 313 g/mol. The minimum absolute atomic E-state index is 0.0203. The second kappa shape index (κ2) is 5.73.